The number of unbranched alkanes of at least 4 members (excludes halogenated alkanes) is 2. The van der Waals surface area contributed by atoms with Gasteiger partial charge in [0.05, 0.1) is 5.02 Å². The Morgan fingerprint density at radius 3 is 2.88 bits per heavy atom. The number of rotatable bonds is 6. The normalized spacial score (nSPS) is 10.1. The topological polar surface area (TPSA) is 62.2 Å². The zero-order valence-corrected chi connectivity index (χ0v) is 9.92. The Morgan fingerprint density at radius 1 is 1.50 bits per heavy atom. The molecule has 0 saturated carbocycles. The molecule has 0 spiro atoms. The van der Waals surface area contributed by atoms with Crippen LogP contribution >= 0.6 is 11.6 Å². The molecule has 0 unspecified atom stereocenters. The van der Waals surface area contributed by atoms with Gasteiger partial charge >= 0.3 is 5.97 Å². The molecule has 0 atom stereocenters. The highest BCUT2D eigenvalue weighted by molar-refractivity contribution is 6.33. The van der Waals surface area contributed by atoms with Gasteiger partial charge in [0.25, 0.3) is 0 Å². The SMILES string of the molecule is CCCCCNc1ccc(Cl)c(C(=O)O)n1. The molecule has 88 valence electrons. The van der Waals surface area contributed by atoms with Gasteiger partial charge in [-0.25, -0.2) is 9.78 Å². The molecule has 4 nitrogen and oxygen atoms in total. The van der Waals surface area contributed by atoms with Crippen molar-refractivity contribution in [3.05, 3.63) is 22.8 Å². The quantitative estimate of drug-likeness (QED) is 0.753. The second-order valence-electron chi connectivity index (χ2n) is 3.47. The van der Waals surface area contributed by atoms with E-state index in [2.05, 4.69) is 17.2 Å². The first kappa shape index (κ1) is 12.8. The molecule has 0 fully saturated rings. The molecule has 1 aromatic rings. The highest BCUT2D eigenvalue weighted by Gasteiger charge is 2.10. The number of nitrogens with one attached hydrogen (secondary N) is 1. The number of pyridine rings is 1. The average molecular weight is 243 g/mol. The van der Waals surface area contributed by atoms with Crippen molar-refractivity contribution in [2.45, 2.75) is 26.2 Å². The van der Waals surface area contributed by atoms with Crippen LogP contribution in [0.25, 0.3) is 0 Å². The molecule has 0 saturated heterocycles. The number of nitrogens with zero attached hydrogens (tertiary/aromatic N) is 1. The number of halogens is 1. The van der Waals surface area contributed by atoms with Crippen molar-refractivity contribution in [1.82, 2.24) is 4.98 Å². The van der Waals surface area contributed by atoms with Crippen molar-refractivity contribution in [2.75, 3.05) is 11.9 Å². The summed E-state index contributed by atoms with van der Waals surface area (Å²) in [7, 11) is 0. The summed E-state index contributed by atoms with van der Waals surface area (Å²) in [5.74, 6) is -0.555. The maximum Gasteiger partial charge on any atom is 0.356 e. The number of anilines is 1. The summed E-state index contributed by atoms with van der Waals surface area (Å²) in [5.41, 5.74) is -0.109. The van der Waals surface area contributed by atoms with Gasteiger partial charge in [-0.05, 0) is 18.6 Å². The number of carboxylic acid groups (broad SMARTS) is 1. The molecule has 5 heteroatoms. The van der Waals surface area contributed by atoms with Gasteiger partial charge in [-0.1, -0.05) is 31.4 Å². The van der Waals surface area contributed by atoms with Gasteiger partial charge in [-0.3, -0.25) is 0 Å². The minimum Gasteiger partial charge on any atom is -0.476 e. The number of hydrogen-bond acceptors (Lipinski definition) is 3. The molecule has 0 aliphatic carbocycles. The third-order valence-corrected chi connectivity index (χ3v) is 2.44. The van der Waals surface area contributed by atoms with Crippen molar-refractivity contribution in [2.24, 2.45) is 0 Å². The third-order valence-electron chi connectivity index (χ3n) is 2.14. The van der Waals surface area contributed by atoms with Gasteiger partial charge in [0.1, 0.15) is 5.82 Å². The molecule has 0 amide bonds. The zero-order valence-electron chi connectivity index (χ0n) is 9.16. The van der Waals surface area contributed by atoms with Crippen LogP contribution in [-0.2, 0) is 0 Å². The van der Waals surface area contributed by atoms with E-state index in [4.69, 9.17) is 16.7 Å². The van der Waals surface area contributed by atoms with Gasteiger partial charge in [-0.2, -0.15) is 0 Å². The highest BCUT2D eigenvalue weighted by atomic mass is 35.5. The van der Waals surface area contributed by atoms with Crippen LogP contribution in [0.3, 0.4) is 0 Å². The maximum atomic E-state index is 10.8. The van der Waals surface area contributed by atoms with E-state index >= 15 is 0 Å². The fraction of sp³-hybridized carbons (Fsp3) is 0.455. The molecule has 1 aromatic heterocycles. The Labute approximate surface area is 99.6 Å². The summed E-state index contributed by atoms with van der Waals surface area (Å²) in [6, 6.07) is 3.22. The van der Waals surface area contributed by atoms with E-state index in [-0.39, 0.29) is 10.7 Å². The Balaban J connectivity index is 2.61. The lowest BCUT2D eigenvalue weighted by atomic mass is 10.2. The molecular weight excluding hydrogens is 228 g/mol. The first-order valence-electron chi connectivity index (χ1n) is 5.29. The Kier molecular flexibility index (Phi) is 5.05. The second-order valence-corrected chi connectivity index (χ2v) is 3.87. The predicted molar refractivity (Wildman–Crippen MR) is 64.2 cm³/mol. The molecule has 16 heavy (non-hydrogen) atoms. The molecule has 2 N–H and O–H groups in total. The van der Waals surface area contributed by atoms with Crippen LogP contribution in [0.5, 0.6) is 0 Å². The van der Waals surface area contributed by atoms with Crippen molar-refractivity contribution >= 4 is 23.4 Å². The van der Waals surface area contributed by atoms with Crippen LogP contribution in [0.15, 0.2) is 12.1 Å². The van der Waals surface area contributed by atoms with E-state index in [0.717, 1.165) is 25.8 Å². The second kappa shape index (κ2) is 6.33. The van der Waals surface area contributed by atoms with Gasteiger partial charge in [0.15, 0.2) is 5.69 Å². The van der Waals surface area contributed by atoms with Gasteiger partial charge in [0.2, 0.25) is 0 Å². The van der Waals surface area contributed by atoms with Crippen LogP contribution < -0.4 is 5.32 Å². The third kappa shape index (κ3) is 3.70. The van der Waals surface area contributed by atoms with E-state index in [9.17, 15) is 4.79 Å². The molecular formula is C11H15ClN2O2. The standard InChI is InChI=1S/C11H15ClN2O2/c1-2-3-4-7-13-9-6-5-8(12)10(14-9)11(15)16/h5-6H,2-4,7H2,1H3,(H,13,14)(H,15,16). The van der Waals surface area contributed by atoms with Crippen molar-refractivity contribution in [1.29, 1.82) is 0 Å². The largest absolute Gasteiger partial charge is 0.476 e. The molecule has 1 rings (SSSR count). The van der Waals surface area contributed by atoms with E-state index in [1.54, 1.807) is 12.1 Å². The fourth-order valence-electron chi connectivity index (χ4n) is 1.28. The first-order valence-corrected chi connectivity index (χ1v) is 5.66. The number of aromatic carboxylic acids is 1. The number of aromatic nitrogens is 1. The average Bonchev–Trinajstić information content (AvgIpc) is 2.26. The van der Waals surface area contributed by atoms with Crippen LogP contribution in [0.4, 0.5) is 5.82 Å². The van der Waals surface area contributed by atoms with Gasteiger partial charge in [-0.15, -0.1) is 0 Å². The maximum absolute atomic E-state index is 10.8. The monoisotopic (exact) mass is 242 g/mol. The van der Waals surface area contributed by atoms with E-state index in [1.807, 2.05) is 0 Å². The molecule has 1 heterocycles. The summed E-state index contributed by atoms with van der Waals surface area (Å²) < 4.78 is 0. The number of carboxylic acids is 1. The number of carbonyl (C=O) groups is 1. The van der Waals surface area contributed by atoms with Crippen LogP contribution in [0.1, 0.15) is 36.7 Å². The Hall–Kier alpha value is -1.29. The Bertz CT molecular complexity index is 369. The van der Waals surface area contributed by atoms with Crippen LogP contribution in [0, 0.1) is 0 Å². The fourth-order valence-corrected chi connectivity index (χ4v) is 1.47. The van der Waals surface area contributed by atoms with E-state index in [0.29, 0.717) is 5.82 Å². The summed E-state index contributed by atoms with van der Waals surface area (Å²) in [6.07, 6.45) is 3.34. The number of hydrogen-bond donors (Lipinski definition) is 2. The molecule has 0 aliphatic heterocycles. The van der Waals surface area contributed by atoms with Crippen LogP contribution in [0.2, 0.25) is 5.02 Å². The van der Waals surface area contributed by atoms with Gasteiger partial charge in [0, 0.05) is 6.54 Å². The molecule has 0 radical (unpaired) electrons. The van der Waals surface area contributed by atoms with Gasteiger partial charge < -0.3 is 10.4 Å². The van der Waals surface area contributed by atoms with Crippen LogP contribution in [-0.4, -0.2) is 22.6 Å². The lowest BCUT2D eigenvalue weighted by molar-refractivity contribution is 0.0691. The van der Waals surface area contributed by atoms with Crippen molar-refractivity contribution in [3.63, 3.8) is 0 Å². The highest BCUT2D eigenvalue weighted by Crippen LogP contribution is 2.16. The molecule has 0 aromatic carbocycles. The smallest absolute Gasteiger partial charge is 0.356 e. The zero-order chi connectivity index (χ0) is 12.0. The molecule has 0 aliphatic rings. The Morgan fingerprint density at radius 2 is 2.25 bits per heavy atom. The summed E-state index contributed by atoms with van der Waals surface area (Å²) in [5, 5.41) is 12.1. The lowest BCUT2D eigenvalue weighted by Crippen LogP contribution is -2.07. The minimum atomic E-state index is -1.11. The predicted octanol–water partition coefficient (Wildman–Crippen LogP) is 3.04. The summed E-state index contributed by atoms with van der Waals surface area (Å²) >= 11 is 5.70. The first-order chi connectivity index (χ1) is 7.65. The summed E-state index contributed by atoms with van der Waals surface area (Å²) in [6.45, 7) is 2.92. The van der Waals surface area contributed by atoms with E-state index < -0.39 is 5.97 Å². The molecule has 0 bridgehead atoms. The van der Waals surface area contributed by atoms with Crippen molar-refractivity contribution < 1.29 is 9.90 Å². The summed E-state index contributed by atoms with van der Waals surface area (Å²) in [4.78, 5) is 14.7. The van der Waals surface area contributed by atoms with Crippen molar-refractivity contribution in [3.8, 4) is 0 Å². The van der Waals surface area contributed by atoms with E-state index in [1.165, 1.54) is 0 Å². The minimum absolute atomic E-state index is 0.109. The lowest BCUT2D eigenvalue weighted by Gasteiger charge is -2.06.